The highest BCUT2D eigenvalue weighted by Crippen LogP contribution is 2.18. The monoisotopic (exact) mass is 281 g/mol. The molecular weight excluding hydrogens is 254 g/mol. The van der Waals surface area contributed by atoms with Crippen molar-refractivity contribution in [2.45, 2.75) is 45.4 Å². The van der Waals surface area contributed by atoms with Gasteiger partial charge in [0.05, 0.1) is 25.4 Å². The van der Waals surface area contributed by atoms with E-state index in [0.29, 0.717) is 13.2 Å². The maximum atomic E-state index is 9.90. The summed E-state index contributed by atoms with van der Waals surface area (Å²) in [4.78, 5) is 0. The van der Waals surface area contributed by atoms with Crippen molar-refractivity contribution in [3.63, 3.8) is 0 Å². The molecule has 1 unspecified atom stereocenters. The van der Waals surface area contributed by atoms with Crippen LogP contribution in [-0.2, 0) is 4.74 Å². The number of hydrogen-bond donors (Lipinski definition) is 2. The quantitative estimate of drug-likeness (QED) is 0.806. The van der Waals surface area contributed by atoms with Crippen LogP contribution in [0.4, 0.5) is 0 Å². The lowest BCUT2D eigenvalue weighted by Crippen LogP contribution is -2.34. The summed E-state index contributed by atoms with van der Waals surface area (Å²) in [5, 5.41) is 13.2. The van der Waals surface area contributed by atoms with Crippen LogP contribution in [0, 0.1) is 0 Å². The molecule has 2 N–H and O–H groups in total. The third-order valence-electron chi connectivity index (χ3n) is 2.96. The smallest absolute Gasteiger partial charge is 0.119 e. The molecule has 0 aliphatic carbocycles. The number of hydrogen-bond acceptors (Lipinski definition) is 4. The Balaban J connectivity index is 2.40. The summed E-state index contributed by atoms with van der Waals surface area (Å²) in [6, 6.07) is 8.07. The van der Waals surface area contributed by atoms with E-state index in [9.17, 15) is 5.11 Å². The average Bonchev–Trinajstić information content (AvgIpc) is 2.41. The Kier molecular flexibility index (Phi) is 6.46. The van der Waals surface area contributed by atoms with E-state index >= 15 is 0 Å². The normalized spacial score (nSPS) is 14.9. The molecule has 114 valence electrons. The van der Waals surface area contributed by atoms with Crippen molar-refractivity contribution >= 4 is 0 Å². The molecule has 0 saturated carbocycles. The molecule has 0 radical (unpaired) electrons. The molecule has 1 aromatic rings. The number of nitrogens with one attached hydrogen (secondary N) is 1. The van der Waals surface area contributed by atoms with Gasteiger partial charge in [-0.15, -0.1) is 0 Å². The number of rotatable bonds is 7. The average molecular weight is 281 g/mol. The molecule has 0 fully saturated rings. The van der Waals surface area contributed by atoms with Crippen LogP contribution in [0.3, 0.4) is 0 Å². The summed E-state index contributed by atoms with van der Waals surface area (Å²) in [7, 11) is 1.66. The van der Waals surface area contributed by atoms with E-state index in [2.05, 4.69) is 12.2 Å². The van der Waals surface area contributed by atoms with Gasteiger partial charge in [0.1, 0.15) is 5.75 Å². The molecule has 0 saturated heterocycles. The summed E-state index contributed by atoms with van der Waals surface area (Å²) in [6.45, 7) is 8.83. The molecule has 1 aromatic carbocycles. The zero-order valence-corrected chi connectivity index (χ0v) is 13.1. The minimum atomic E-state index is -0.512. The minimum Gasteiger partial charge on any atom is -0.497 e. The van der Waals surface area contributed by atoms with Crippen molar-refractivity contribution in [3.05, 3.63) is 29.8 Å². The first kappa shape index (κ1) is 17.0. The maximum absolute atomic E-state index is 9.90. The lowest BCUT2D eigenvalue weighted by Gasteiger charge is -2.23. The van der Waals surface area contributed by atoms with Gasteiger partial charge in [-0.3, -0.25) is 0 Å². The number of ether oxygens (including phenoxy) is 2. The van der Waals surface area contributed by atoms with Gasteiger partial charge in [0.25, 0.3) is 0 Å². The molecule has 20 heavy (non-hydrogen) atoms. The summed E-state index contributed by atoms with van der Waals surface area (Å²) >= 11 is 0. The lowest BCUT2D eigenvalue weighted by atomic mass is 10.1. The SMILES string of the molecule is COc1cccc([C@H](C)NCC(O)COC(C)(C)C)c1. The largest absolute Gasteiger partial charge is 0.497 e. The van der Waals surface area contributed by atoms with E-state index in [1.807, 2.05) is 45.0 Å². The standard InChI is InChI=1S/C16H27NO3/c1-12(13-7-6-8-15(9-13)19-5)17-10-14(18)11-20-16(2,3)4/h6-9,12,14,17-18H,10-11H2,1-5H3/t12-,14?/m0/s1. The van der Waals surface area contributed by atoms with Crippen LogP contribution in [0.2, 0.25) is 0 Å². The Morgan fingerprint density at radius 1 is 1.30 bits per heavy atom. The molecule has 0 bridgehead atoms. The van der Waals surface area contributed by atoms with Gasteiger partial charge in [-0.25, -0.2) is 0 Å². The van der Waals surface area contributed by atoms with Crippen LogP contribution < -0.4 is 10.1 Å². The maximum Gasteiger partial charge on any atom is 0.119 e. The molecule has 0 aromatic heterocycles. The van der Waals surface area contributed by atoms with E-state index in [1.165, 1.54) is 0 Å². The third kappa shape index (κ3) is 6.37. The highest BCUT2D eigenvalue weighted by molar-refractivity contribution is 5.30. The van der Waals surface area contributed by atoms with E-state index in [-0.39, 0.29) is 11.6 Å². The second kappa shape index (κ2) is 7.62. The van der Waals surface area contributed by atoms with E-state index < -0.39 is 6.10 Å². The highest BCUT2D eigenvalue weighted by Gasteiger charge is 2.14. The van der Waals surface area contributed by atoms with Crippen LogP contribution >= 0.6 is 0 Å². The molecule has 0 spiro atoms. The Morgan fingerprint density at radius 2 is 2.00 bits per heavy atom. The fourth-order valence-electron chi connectivity index (χ4n) is 1.75. The predicted molar refractivity (Wildman–Crippen MR) is 81.1 cm³/mol. The number of methoxy groups -OCH3 is 1. The summed E-state index contributed by atoms with van der Waals surface area (Å²) in [5.74, 6) is 0.841. The molecule has 0 aliphatic rings. The van der Waals surface area contributed by atoms with Gasteiger partial charge in [0.15, 0.2) is 0 Å². The molecule has 0 aliphatic heterocycles. The summed E-state index contributed by atoms with van der Waals surface area (Å²) in [6.07, 6.45) is -0.512. The first-order valence-electron chi connectivity index (χ1n) is 7.01. The highest BCUT2D eigenvalue weighted by atomic mass is 16.5. The first-order valence-corrected chi connectivity index (χ1v) is 7.01. The number of benzene rings is 1. The molecular formula is C16H27NO3. The van der Waals surface area contributed by atoms with Crippen molar-refractivity contribution in [2.24, 2.45) is 0 Å². The Hall–Kier alpha value is -1.10. The minimum absolute atomic E-state index is 0.148. The van der Waals surface area contributed by atoms with Crippen molar-refractivity contribution in [1.82, 2.24) is 5.32 Å². The molecule has 0 heterocycles. The fraction of sp³-hybridized carbons (Fsp3) is 0.625. The van der Waals surface area contributed by atoms with Crippen molar-refractivity contribution in [3.8, 4) is 5.75 Å². The van der Waals surface area contributed by atoms with Gasteiger partial charge in [0, 0.05) is 12.6 Å². The molecule has 0 amide bonds. The third-order valence-corrected chi connectivity index (χ3v) is 2.96. The first-order chi connectivity index (χ1) is 9.31. The second-order valence-electron chi connectivity index (χ2n) is 5.98. The number of aliphatic hydroxyl groups is 1. The van der Waals surface area contributed by atoms with Gasteiger partial charge in [0.2, 0.25) is 0 Å². The topological polar surface area (TPSA) is 50.7 Å². The fourth-order valence-corrected chi connectivity index (χ4v) is 1.75. The van der Waals surface area contributed by atoms with Crippen LogP contribution in [-0.4, -0.2) is 37.1 Å². The van der Waals surface area contributed by atoms with Crippen molar-refractivity contribution in [1.29, 1.82) is 0 Å². The molecule has 4 nitrogen and oxygen atoms in total. The zero-order valence-electron chi connectivity index (χ0n) is 13.1. The molecule has 1 rings (SSSR count). The van der Waals surface area contributed by atoms with Crippen molar-refractivity contribution in [2.75, 3.05) is 20.3 Å². The summed E-state index contributed by atoms with van der Waals surface area (Å²) < 4.78 is 10.8. The van der Waals surface area contributed by atoms with Gasteiger partial charge >= 0.3 is 0 Å². The Morgan fingerprint density at radius 3 is 2.60 bits per heavy atom. The van der Waals surface area contributed by atoms with Crippen molar-refractivity contribution < 1.29 is 14.6 Å². The second-order valence-corrected chi connectivity index (χ2v) is 5.98. The lowest BCUT2D eigenvalue weighted by molar-refractivity contribution is -0.0482. The van der Waals surface area contributed by atoms with E-state index in [1.54, 1.807) is 7.11 Å². The summed E-state index contributed by atoms with van der Waals surface area (Å²) in [5.41, 5.74) is 0.910. The van der Waals surface area contributed by atoms with Gasteiger partial charge < -0.3 is 19.9 Å². The van der Waals surface area contributed by atoms with Crippen LogP contribution in [0.15, 0.2) is 24.3 Å². The van der Waals surface area contributed by atoms with Crippen LogP contribution in [0.5, 0.6) is 5.75 Å². The van der Waals surface area contributed by atoms with Gasteiger partial charge in [-0.05, 0) is 45.4 Å². The number of aliphatic hydroxyl groups excluding tert-OH is 1. The Labute approximate surface area is 122 Å². The van der Waals surface area contributed by atoms with Crippen LogP contribution in [0.1, 0.15) is 39.3 Å². The van der Waals surface area contributed by atoms with E-state index in [4.69, 9.17) is 9.47 Å². The Bertz CT molecular complexity index is 401. The van der Waals surface area contributed by atoms with Gasteiger partial charge in [-0.2, -0.15) is 0 Å². The van der Waals surface area contributed by atoms with Crippen LogP contribution in [0.25, 0.3) is 0 Å². The molecule has 4 heteroatoms. The molecule has 2 atom stereocenters. The van der Waals surface area contributed by atoms with Gasteiger partial charge in [-0.1, -0.05) is 12.1 Å². The van der Waals surface area contributed by atoms with E-state index in [0.717, 1.165) is 11.3 Å². The zero-order chi connectivity index (χ0) is 15.2. The predicted octanol–water partition coefficient (Wildman–Crippen LogP) is 2.52.